The smallest absolute Gasteiger partial charge is 0.323 e. The molecule has 1 heterocycles. The molecule has 1 aliphatic heterocycles. The quantitative estimate of drug-likeness (QED) is 0.615. The standard InChI is InChI=1S/C9H15NO2/c1-8-3-2-4-9(5-8,7(11)12)10-6-8/h10H,2-6H2,1H3,(H,11,12)/t8-,9+/m0/s1. The van der Waals surface area contributed by atoms with Gasteiger partial charge in [0.2, 0.25) is 0 Å². The lowest BCUT2D eigenvalue weighted by Crippen LogP contribution is -2.48. The van der Waals surface area contributed by atoms with Gasteiger partial charge in [-0.1, -0.05) is 13.3 Å². The van der Waals surface area contributed by atoms with Crippen molar-refractivity contribution >= 4 is 5.97 Å². The van der Waals surface area contributed by atoms with Gasteiger partial charge in [0.25, 0.3) is 0 Å². The van der Waals surface area contributed by atoms with Crippen molar-refractivity contribution < 1.29 is 9.90 Å². The van der Waals surface area contributed by atoms with Gasteiger partial charge in [0.15, 0.2) is 0 Å². The first-order valence-corrected chi connectivity index (χ1v) is 4.55. The predicted octanol–water partition coefficient (Wildman–Crippen LogP) is 0.993. The zero-order valence-corrected chi connectivity index (χ0v) is 7.39. The van der Waals surface area contributed by atoms with Crippen LogP contribution in [-0.2, 0) is 4.79 Å². The van der Waals surface area contributed by atoms with Crippen LogP contribution in [0.4, 0.5) is 0 Å². The Morgan fingerprint density at radius 3 is 2.83 bits per heavy atom. The fourth-order valence-corrected chi connectivity index (χ4v) is 2.66. The Balaban J connectivity index is 2.25. The molecule has 3 nitrogen and oxygen atoms in total. The van der Waals surface area contributed by atoms with Crippen LogP contribution in [0.5, 0.6) is 0 Å². The van der Waals surface area contributed by atoms with Crippen LogP contribution in [0, 0.1) is 5.41 Å². The molecule has 0 aromatic heterocycles. The molecule has 0 radical (unpaired) electrons. The third kappa shape index (κ3) is 0.959. The van der Waals surface area contributed by atoms with Crippen molar-refractivity contribution in [2.24, 2.45) is 5.41 Å². The summed E-state index contributed by atoms with van der Waals surface area (Å²) in [5.74, 6) is -0.661. The zero-order valence-electron chi connectivity index (χ0n) is 7.39. The second-order valence-corrected chi connectivity index (χ2v) is 4.58. The van der Waals surface area contributed by atoms with Gasteiger partial charge in [0, 0.05) is 6.54 Å². The molecule has 1 saturated carbocycles. The lowest BCUT2D eigenvalue weighted by atomic mass is 9.71. The third-order valence-corrected chi connectivity index (χ3v) is 3.38. The number of hydrogen-bond donors (Lipinski definition) is 2. The molecule has 1 aliphatic carbocycles. The monoisotopic (exact) mass is 169 g/mol. The number of carbonyl (C=O) groups is 1. The van der Waals surface area contributed by atoms with Gasteiger partial charge in [-0.25, -0.2) is 0 Å². The van der Waals surface area contributed by atoms with E-state index in [1.165, 1.54) is 6.42 Å². The van der Waals surface area contributed by atoms with Gasteiger partial charge in [-0.05, 0) is 24.7 Å². The molecule has 0 amide bonds. The summed E-state index contributed by atoms with van der Waals surface area (Å²) in [5, 5.41) is 12.2. The lowest BCUT2D eigenvalue weighted by Gasteiger charge is -2.33. The van der Waals surface area contributed by atoms with E-state index in [1.54, 1.807) is 0 Å². The largest absolute Gasteiger partial charge is 0.480 e. The Morgan fingerprint density at radius 1 is 1.50 bits per heavy atom. The molecule has 2 atom stereocenters. The minimum atomic E-state index is -0.661. The maximum absolute atomic E-state index is 11.0. The summed E-state index contributed by atoms with van der Waals surface area (Å²) >= 11 is 0. The second-order valence-electron chi connectivity index (χ2n) is 4.58. The van der Waals surface area contributed by atoms with E-state index in [0.29, 0.717) is 0 Å². The highest BCUT2D eigenvalue weighted by Crippen LogP contribution is 2.46. The molecule has 2 fully saturated rings. The van der Waals surface area contributed by atoms with Crippen molar-refractivity contribution in [3.63, 3.8) is 0 Å². The van der Waals surface area contributed by atoms with Crippen molar-refractivity contribution in [3.8, 4) is 0 Å². The second kappa shape index (κ2) is 2.22. The van der Waals surface area contributed by atoms with E-state index in [0.717, 1.165) is 25.8 Å². The van der Waals surface area contributed by atoms with Crippen molar-refractivity contribution in [2.75, 3.05) is 6.54 Å². The zero-order chi connectivity index (χ0) is 8.82. The van der Waals surface area contributed by atoms with Crippen molar-refractivity contribution in [1.29, 1.82) is 0 Å². The Morgan fingerprint density at radius 2 is 2.25 bits per heavy atom. The van der Waals surface area contributed by atoms with Crippen molar-refractivity contribution in [3.05, 3.63) is 0 Å². The number of nitrogens with one attached hydrogen (secondary N) is 1. The van der Waals surface area contributed by atoms with Crippen molar-refractivity contribution in [1.82, 2.24) is 5.32 Å². The summed E-state index contributed by atoms with van der Waals surface area (Å²) in [6, 6.07) is 0. The molecule has 2 rings (SSSR count). The average Bonchev–Trinajstić information content (AvgIpc) is 2.24. The Kier molecular flexibility index (Phi) is 1.49. The molecule has 2 bridgehead atoms. The van der Waals surface area contributed by atoms with Gasteiger partial charge in [-0.3, -0.25) is 4.79 Å². The number of aliphatic carboxylic acids is 1. The maximum atomic E-state index is 11.0. The normalized spacial score (nSPS) is 46.1. The van der Waals surface area contributed by atoms with Gasteiger partial charge in [-0.15, -0.1) is 0 Å². The van der Waals surface area contributed by atoms with Crippen LogP contribution >= 0.6 is 0 Å². The minimum Gasteiger partial charge on any atom is -0.480 e. The predicted molar refractivity (Wildman–Crippen MR) is 44.9 cm³/mol. The molecule has 0 spiro atoms. The van der Waals surface area contributed by atoms with E-state index in [2.05, 4.69) is 12.2 Å². The fourth-order valence-electron chi connectivity index (χ4n) is 2.66. The fraction of sp³-hybridized carbons (Fsp3) is 0.889. The summed E-state index contributed by atoms with van der Waals surface area (Å²) in [4.78, 5) is 11.0. The van der Waals surface area contributed by atoms with E-state index in [1.807, 2.05) is 0 Å². The van der Waals surface area contributed by atoms with Crippen LogP contribution in [-0.4, -0.2) is 23.2 Å². The Bertz CT molecular complexity index is 229. The highest BCUT2D eigenvalue weighted by molar-refractivity contribution is 5.79. The summed E-state index contributed by atoms with van der Waals surface area (Å²) in [7, 11) is 0. The van der Waals surface area contributed by atoms with Crippen LogP contribution in [0.15, 0.2) is 0 Å². The van der Waals surface area contributed by atoms with E-state index in [4.69, 9.17) is 5.11 Å². The molecule has 2 N–H and O–H groups in total. The van der Waals surface area contributed by atoms with Crippen LogP contribution in [0.3, 0.4) is 0 Å². The number of rotatable bonds is 1. The molecular weight excluding hydrogens is 154 g/mol. The van der Waals surface area contributed by atoms with Gasteiger partial charge in [-0.2, -0.15) is 0 Å². The van der Waals surface area contributed by atoms with E-state index < -0.39 is 11.5 Å². The summed E-state index contributed by atoms with van der Waals surface area (Å²) in [6.45, 7) is 3.06. The Hall–Kier alpha value is -0.570. The molecule has 1 saturated heterocycles. The minimum absolute atomic E-state index is 0.247. The Labute approximate surface area is 72.2 Å². The average molecular weight is 169 g/mol. The van der Waals surface area contributed by atoms with Crippen LogP contribution in [0.1, 0.15) is 32.6 Å². The summed E-state index contributed by atoms with van der Waals surface area (Å²) in [5.41, 5.74) is -0.330. The molecular formula is C9H15NO2. The highest BCUT2D eigenvalue weighted by Gasteiger charge is 2.52. The number of carboxylic acid groups (broad SMARTS) is 1. The highest BCUT2D eigenvalue weighted by atomic mass is 16.4. The van der Waals surface area contributed by atoms with Crippen LogP contribution in [0.25, 0.3) is 0 Å². The van der Waals surface area contributed by atoms with Crippen molar-refractivity contribution in [2.45, 2.75) is 38.1 Å². The molecule has 12 heavy (non-hydrogen) atoms. The summed E-state index contributed by atoms with van der Waals surface area (Å²) in [6.07, 6.45) is 3.85. The third-order valence-electron chi connectivity index (χ3n) is 3.38. The van der Waals surface area contributed by atoms with Gasteiger partial charge >= 0.3 is 5.97 Å². The number of hydrogen-bond acceptors (Lipinski definition) is 2. The number of fused-ring (bicyclic) bond motifs is 2. The molecule has 3 heteroatoms. The van der Waals surface area contributed by atoms with Gasteiger partial charge < -0.3 is 10.4 Å². The number of carboxylic acids is 1. The van der Waals surface area contributed by atoms with Crippen LogP contribution in [0.2, 0.25) is 0 Å². The molecule has 68 valence electrons. The van der Waals surface area contributed by atoms with E-state index in [-0.39, 0.29) is 5.41 Å². The lowest BCUT2D eigenvalue weighted by molar-refractivity contribution is -0.145. The molecule has 0 unspecified atom stereocenters. The maximum Gasteiger partial charge on any atom is 0.323 e. The van der Waals surface area contributed by atoms with Gasteiger partial charge in [0.1, 0.15) is 5.54 Å². The van der Waals surface area contributed by atoms with E-state index in [9.17, 15) is 4.79 Å². The van der Waals surface area contributed by atoms with Crippen LogP contribution < -0.4 is 5.32 Å². The molecule has 2 aliphatic rings. The van der Waals surface area contributed by atoms with Gasteiger partial charge in [0.05, 0.1) is 0 Å². The summed E-state index contributed by atoms with van der Waals surface area (Å²) < 4.78 is 0. The molecule has 0 aromatic rings. The first-order valence-electron chi connectivity index (χ1n) is 4.55. The first-order chi connectivity index (χ1) is 5.56. The first kappa shape index (κ1) is 8.05. The topological polar surface area (TPSA) is 49.3 Å². The van der Waals surface area contributed by atoms with E-state index >= 15 is 0 Å². The molecule has 0 aromatic carbocycles. The SMILES string of the molecule is C[C@]12CCC[C@](C(=O)O)(C1)NC2.